The van der Waals surface area contributed by atoms with Crippen LogP contribution in [-0.4, -0.2) is 32.6 Å². The third-order valence-corrected chi connectivity index (χ3v) is 3.22. The molecule has 0 radical (unpaired) electrons. The molecule has 2 aromatic rings. The Morgan fingerprint density at radius 1 is 1.50 bits per heavy atom. The van der Waals surface area contributed by atoms with E-state index in [1.807, 2.05) is 13.8 Å². The van der Waals surface area contributed by atoms with Gasteiger partial charge in [0.15, 0.2) is 0 Å². The first-order valence-electron chi connectivity index (χ1n) is 6.62. The van der Waals surface area contributed by atoms with Crippen LogP contribution in [0.4, 0.5) is 0 Å². The second-order valence-electron chi connectivity index (χ2n) is 4.76. The van der Waals surface area contributed by atoms with Gasteiger partial charge in [-0.2, -0.15) is 5.10 Å². The summed E-state index contributed by atoms with van der Waals surface area (Å²) in [4.78, 5) is 19.2. The summed E-state index contributed by atoms with van der Waals surface area (Å²) >= 11 is 0. The molecule has 0 saturated carbocycles. The molecule has 2 heterocycles. The maximum Gasteiger partial charge on any atom is 0.241 e. The average molecular weight is 276 g/mol. The highest BCUT2D eigenvalue weighted by atomic mass is 16.2. The Bertz CT molecular complexity index is 540. The van der Waals surface area contributed by atoms with Crippen molar-refractivity contribution in [1.29, 1.82) is 0 Å². The van der Waals surface area contributed by atoms with E-state index in [1.165, 1.54) is 0 Å². The van der Waals surface area contributed by atoms with Gasteiger partial charge in [0.25, 0.3) is 0 Å². The summed E-state index contributed by atoms with van der Waals surface area (Å²) in [6.45, 7) is 4.27. The first-order valence-corrected chi connectivity index (χ1v) is 6.62. The highest BCUT2D eigenvalue weighted by Gasteiger charge is 2.21. The zero-order valence-corrected chi connectivity index (χ0v) is 11.7. The molecule has 0 aromatic carbocycles. The number of hydrogen-bond donors (Lipinski definition) is 4. The average Bonchev–Trinajstić information content (AvgIpc) is 3.04. The van der Waals surface area contributed by atoms with Crippen LogP contribution >= 0.6 is 0 Å². The van der Waals surface area contributed by atoms with Crippen LogP contribution in [0, 0.1) is 13.8 Å². The van der Waals surface area contributed by atoms with Crippen molar-refractivity contribution in [3.05, 3.63) is 35.2 Å². The molecule has 1 atom stereocenters. The van der Waals surface area contributed by atoms with Gasteiger partial charge in [0.1, 0.15) is 11.9 Å². The van der Waals surface area contributed by atoms with Gasteiger partial charge in [-0.25, -0.2) is 4.98 Å². The van der Waals surface area contributed by atoms with Crippen LogP contribution in [0.15, 0.2) is 12.4 Å². The number of amides is 1. The summed E-state index contributed by atoms with van der Waals surface area (Å²) in [5.74, 6) is 0.738. The van der Waals surface area contributed by atoms with E-state index in [-0.39, 0.29) is 5.91 Å². The van der Waals surface area contributed by atoms with Crippen LogP contribution in [0.5, 0.6) is 0 Å². The van der Waals surface area contributed by atoms with Crippen molar-refractivity contribution in [2.75, 3.05) is 6.54 Å². The van der Waals surface area contributed by atoms with Crippen molar-refractivity contribution >= 4 is 5.91 Å². The Balaban J connectivity index is 1.80. The van der Waals surface area contributed by atoms with Crippen LogP contribution in [0.25, 0.3) is 0 Å². The lowest BCUT2D eigenvalue weighted by Gasteiger charge is -2.12. The number of nitrogens with one attached hydrogen (secondary N) is 3. The number of rotatable bonds is 6. The smallest absolute Gasteiger partial charge is 0.241 e. The summed E-state index contributed by atoms with van der Waals surface area (Å²) in [5, 5.41) is 9.73. The van der Waals surface area contributed by atoms with E-state index in [1.54, 1.807) is 12.4 Å². The number of nitrogens with zero attached hydrogens (tertiary/aromatic N) is 2. The van der Waals surface area contributed by atoms with Gasteiger partial charge in [-0.3, -0.25) is 9.89 Å². The molecular formula is C13H20N6O. The fourth-order valence-electron chi connectivity index (χ4n) is 2.16. The first kappa shape index (κ1) is 14.3. The highest BCUT2D eigenvalue weighted by Crippen LogP contribution is 2.17. The van der Waals surface area contributed by atoms with Gasteiger partial charge in [-0.05, 0) is 20.3 Å². The fraction of sp³-hybridized carbons (Fsp3) is 0.462. The Labute approximate surface area is 117 Å². The quantitative estimate of drug-likeness (QED) is 0.575. The van der Waals surface area contributed by atoms with Crippen LogP contribution in [0.1, 0.15) is 35.2 Å². The van der Waals surface area contributed by atoms with Crippen molar-refractivity contribution in [2.24, 2.45) is 5.73 Å². The summed E-state index contributed by atoms with van der Waals surface area (Å²) in [7, 11) is 0. The minimum Gasteiger partial charge on any atom is -0.354 e. The largest absolute Gasteiger partial charge is 0.354 e. The molecule has 0 aliphatic heterocycles. The number of hydrogen-bond acceptors (Lipinski definition) is 4. The highest BCUT2D eigenvalue weighted by molar-refractivity contribution is 5.83. The number of aromatic nitrogens is 4. The molecule has 2 aromatic heterocycles. The van der Waals surface area contributed by atoms with Crippen LogP contribution in [-0.2, 0) is 11.2 Å². The summed E-state index contributed by atoms with van der Waals surface area (Å²) in [6.07, 6.45) is 5.12. The molecule has 1 amide bonds. The molecule has 0 spiro atoms. The molecule has 0 aliphatic rings. The predicted octanol–water partition coefficient (Wildman–Crippen LogP) is 0.498. The minimum atomic E-state index is -0.683. The van der Waals surface area contributed by atoms with E-state index < -0.39 is 6.04 Å². The third kappa shape index (κ3) is 3.24. The molecule has 0 fully saturated rings. The van der Waals surface area contributed by atoms with Gasteiger partial charge in [-0.1, -0.05) is 0 Å². The summed E-state index contributed by atoms with van der Waals surface area (Å²) in [5.41, 5.74) is 8.34. The molecule has 20 heavy (non-hydrogen) atoms. The standard InChI is InChI=1S/C13H20N6O/c1-8-11(9(2)19-18-8)12(14)13(20)17-5-3-4-10-15-6-7-16-10/h6-7,12H,3-5,14H2,1-2H3,(H,15,16)(H,17,20)(H,18,19)/t12-/m0/s1. The number of nitrogens with two attached hydrogens (primary N) is 1. The van der Waals surface area contributed by atoms with Crippen molar-refractivity contribution in [1.82, 2.24) is 25.5 Å². The molecule has 7 heteroatoms. The van der Waals surface area contributed by atoms with Gasteiger partial charge in [0.05, 0.1) is 5.69 Å². The van der Waals surface area contributed by atoms with E-state index in [0.29, 0.717) is 6.54 Å². The Kier molecular flexibility index (Phi) is 4.52. The lowest BCUT2D eigenvalue weighted by molar-refractivity contribution is -0.122. The molecule has 108 valence electrons. The minimum absolute atomic E-state index is 0.183. The third-order valence-electron chi connectivity index (χ3n) is 3.22. The second-order valence-corrected chi connectivity index (χ2v) is 4.76. The summed E-state index contributed by atoms with van der Waals surface area (Å²) in [6, 6.07) is -0.683. The van der Waals surface area contributed by atoms with Gasteiger partial charge in [-0.15, -0.1) is 0 Å². The number of aryl methyl sites for hydroxylation is 3. The molecular weight excluding hydrogens is 256 g/mol. The molecule has 5 N–H and O–H groups in total. The van der Waals surface area contributed by atoms with Crippen LogP contribution < -0.4 is 11.1 Å². The van der Waals surface area contributed by atoms with E-state index in [0.717, 1.165) is 35.6 Å². The van der Waals surface area contributed by atoms with Crippen molar-refractivity contribution in [3.8, 4) is 0 Å². The van der Waals surface area contributed by atoms with E-state index in [2.05, 4.69) is 25.5 Å². The lowest BCUT2D eigenvalue weighted by atomic mass is 10.1. The predicted molar refractivity (Wildman–Crippen MR) is 74.9 cm³/mol. The SMILES string of the molecule is Cc1n[nH]c(C)c1[C@H](N)C(=O)NCCCc1ncc[nH]1. The van der Waals surface area contributed by atoms with Gasteiger partial charge >= 0.3 is 0 Å². The van der Waals surface area contributed by atoms with Crippen molar-refractivity contribution in [3.63, 3.8) is 0 Å². The monoisotopic (exact) mass is 276 g/mol. The number of H-pyrrole nitrogens is 2. The molecule has 0 aliphatic carbocycles. The molecule has 0 bridgehead atoms. The number of carbonyl (C=O) groups excluding carboxylic acids is 1. The molecule has 0 unspecified atom stereocenters. The van der Waals surface area contributed by atoms with E-state index >= 15 is 0 Å². The molecule has 7 nitrogen and oxygen atoms in total. The topological polar surface area (TPSA) is 112 Å². The van der Waals surface area contributed by atoms with E-state index in [4.69, 9.17) is 5.73 Å². The number of carbonyl (C=O) groups is 1. The summed E-state index contributed by atoms with van der Waals surface area (Å²) < 4.78 is 0. The number of aromatic amines is 2. The Hall–Kier alpha value is -2.15. The van der Waals surface area contributed by atoms with Crippen LogP contribution in [0.3, 0.4) is 0 Å². The number of imidazole rings is 1. The molecule has 2 rings (SSSR count). The van der Waals surface area contributed by atoms with Crippen molar-refractivity contribution in [2.45, 2.75) is 32.7 Å². The van der Waals surface area contributed by atoms with E-state index in [9.17, 15) is 4.79 Å². The van der Waals surface area contributed by atoms with Gasteiger partial charge in [0.2, 0.25) is 5.91 Å². The Morgan fingerprint density at radius 3 is 2.90 bits per heavy atom. The lowest BCUT2D eigenvalue weighted by Crippen LogP contribution is -2.35. The van der Waals surface area contributed by atoms with Gasteiger partial charge < -0.3 is 16.0 Å². The zero-order valence-electron chi connectivity index (χ0n) is 11.7. The zero-order chi connectivity index (χ0) is 14.5. The first-order chi connectivity index (χ1) is 9.59. The Morgan fingerprint density at radius 2 is 2.30 bits per heavy atom. The normalized spacial score (nSPS) is 12.3. The van der Waals surface area contributed by atoms with Gasteiger partial charge in [0, 0.05) is 36.6 Å². The van der Waals surface area contributed by atoms with Crippen LogP contribution in [0.2, 0.25) is 0 Å². The maximum atomic E-state index is 12.0. The maximum absolute atomic E-state index is 12.0. The molecule has 0 saturated heterocycles. The second kappa shape index (κ2) is 6.33. The fourth-order valence-corrected chi connectivity index (χ4v) is 2.16. The van der Waals surface area contributed by atoms with Crippen molar-refractivity contribution < 1.29 is 4.79 Å².